The third-order valence-electron chi connectivity index (χ3n) is 3.67. The molecule has 2 rings (SSSR count). The highest BCUT2D eigenvalue weighted by Gasteiger charge is 2.18. The van der Waals surface area contributed by atoms with Gasteiger partial charge in [-0.1, -0.05) is 43.7 Å². The van der Waals surface area contributed by atoms with Crippen molar-refractivity contribution in [1.82, 2.24) is 14.5 Å². The number of ether oxygens (including phenoxy) is 1. The highest BCUT2D eigenvalue weighted by atomic mass is 16.5. The van der Waals surface area contributed by atoms with E-state index in [1.54, 1.807) is 7.11 Å². The van der Waals surface area contributed by atoms with Crippen LogP contribution >= 0.6 is 0 Å². The number of rotatable bonds is 8. The molecule has 22 heavy (non-hydrogen) atoms. The van der Waals surface area contributed by atoms with Gasteiger partial charge in [0.25, 0.3) is 0 Å². The maximum atomic E-state index is 5.36. The van der Waals surface area contributed by atoms with Gasteiger partial charge in [0.15, 0.2) is 0 Å². The van der Waals surface area contributed by atoms with Gasteiger partial charge in [-0.25, -0.2) is 4.98 Å². The molecule has 2 aromatic rings. The lowest BCUT2D eigenvalue weighted by Gasteiger charge is -2.16. The van der Waals surface area contributed by atoms with E-state index >= 15 is 0 Å². The van der Waals surface area contributed by atoms with Crippen molar-refractivity contribution in [3.8, 4) is 11.4 Å². The topological polar surface area (TPSA) is 30.3 Å². The Labute approximate surface area is 133 Å². The summed E-state index contributed by atoms with van der Waals surface area (Å²) in [7, 11) is 5.92. The second-order valence-electron chi connectivity index (χ2n) is 5.87. The molecule has 0 atom stereocenters. The van der Waals surface area contributed by atoms with Crippen LogP contribution in [-0.4, -0.2) is 35.7 Å². The van der Waals surface area contributed by atoms with Gasteiger partial charge >= 0.3 is 0 Å². The predicted molar refractivity (Wildman–Crippen MR) is 90.7 cm³/mol. The van der Waals surface area contributed by atoms with Crippen LogP contribution in [0, 0.1) is 0 Å². The Balaban J connectivity index is 2.50. The average Bonchev–Trinajstić information content (AvgIpc) is 2.84. The molecule has 0 N–H and O–H groups in total. The number of hydrogen-bond donors (Lipinski definition) is 0. The molecule has 1 heterocycles. The largest absolute Gasteiger partial charge is 0.378 e. The molecule has 0 unspecified atom stereocenters. The molecular formula is C18H27N3O. The van der Waals surface area contributed by atoms with Crippen LogP contribution in [0.15, 0.2) is 30.3 Å². The molecule has 0 spiro atoms. The van der Waals surface area contributed by atoms with Crippen LogP contribution < -0.4 is 0 Å². The molecule has 120 valence electrons. The zero-order chi connectivity index (χ0) is 15.9. The van der Waals surface area contributed by atoms with Gasteiger partial charge in [-0.05, 0) is 20.5 Å². The van der Waals surface area contributed by atoms with Crippen LogP contribution in [0.1, 0.15) is 31.2 Å². The molecule has 0 bridgehead atoms. The summed E-state index contributed by atoms with van der Waals surface area (Å²) >= 11 is 0. The molecule has 1 aromatic heterocycles. The first-order valence-electron chi connectivity index (χ1n) is 7.94. The number of aromatic nitrogens is 2. The molecule has 4 heteroatoms. The number of imidazole rings is 1. The zero-order valence-corrected chi connectivity index (χ0v) is 14.2. The summed E-state index contributed by atoms with van der Waals surface area (Å²) in [4.78, 5) is 7.08. The lowest BCUT2D eigenvalue weighted by Crippen LogP contribution is -2.17. The van der Waals surface area contributed by atoms with Gasteiger partial charge in [0.1, 0.15) is 5.82 Å². The maximum absolute atomic E-state index is 5.36. The number of benzene rings is 1. The van der Waals surface area contributed by atoms with Crippen LogP contribution in [0.5, 0.6) is 0 Å². The highest BCUT2D eigenvalue weighted by Crippen LogP contribution is 2.24. The number of hydrogen-bond acceptors (Lipinski definition) is 3. The summed E-state index contributed by atoms with van der Waals surface area (Å²) in [6, 6.07) is 10.4. The van der Waals surface area contributed by atoms with Crippen LogP contribution in [-0.2, 0) is 24.4 Å². The van der Waals surface area contributed by atoms with E-state index in [-0.39, 0.29) is 0 Å². The van der Waals surface area contributed by atoms with E-state index in [2.05, 4.69) is 54.8 Å². The lowest BCUT2D eigenvalue weighted by atomic mass is 10.2. The molecule has 1 aromatic carbocycles. The second-order valence-corrected chi connectivity index (χ2v) is 5.87. The van der Waals surface area contributed by atoms with E-state index in [4.69, 9.17) is 9.72 Å². The van der Waals surface area contributed by atoms with Crippen molar-refractivity contribution in [2.45, 2.75) is 39.5 Å². The van der Waals surface area contributed by atoms with Gasteiger partial charge in [-0.2, -0.15) is 0 Å². The van der Waals surface area contributed by atoms with Crippen molar-refractivity contribution in [2.24, 2.45) is 0 Å². The van der Waals surface area contributed by atoms with Gasteiger partial charge in [-0.3, -0.25) is 0 Å². The molecule has 0 saturated heterocycles. The average molecular weight is 301 g/mol. The standard InChI is InChI=1S/C18H27N3O/c1-5-6-12-21-17(13-20(2)3)16(14-22-4)19-18(21)15-10-8-7-9-11-15/h7-11H,5-6,12-14H2,1-4H3. The predicted octanol–water partition coefficient (Wildman–Crippen LogP) is 3.56. The Hall–Kier alpha value is -1.65. The fourth-order valence-electron chi connectivity index (χ4n) is 2.63. The number of unbranched alkanes of at least 4 members (excludes halogenated alkanes) is 1. The smallest absolute Gasteiger partial charge is 0.140 e. The molecular weight excluding hydrogens is 274 g/mol. The SMILES string of the molecule is CCCCn1c(-c2ccccc2)nc(COC)c1CN(C)C. The fraction of sp³-hybridized carbons (Fsp3) is 0.500. The van der Waals surface area contributed by atoms with Gasteiger partial charge in [0, 0.05) is 25.8 Å². The Morgan fingerprint density at radius 1 is 1.18 bits per heavy atom. The minimum atomic E-state index is 0.558. The van der Waals surface area contributed by atoms with Gasteiger partial charge in [0.2, 0.25) is 0 Å². The minimum Gasteiger partial charge on any atom is -0.378 e. The van der Waals surface area contributed by atoms with E-state index < -0.39 is 0 Å². The zero-order valence-electron chi connectivity index (χ0n) is 14.2. The van der Waals surface area contributed by atoms with Crippen molar-refractivity contribution >= 4 is 0 Å². The third-order valence-corrected chi connectivity index (χ3v) is 3.67. The summed E-state index contributed by atoms with van der Waals surface area (Å²) < 4.78 is 7.73. The molecule has 0 aliphatic rings. The maximum Gasteiger partial charge on any atom is 0.140 e. The Morgan fingerprint density at radius 2 is 1.91 bits per heavy atom. The summed E-state index contributed by atoms with van der Waals surface area (Å²) in [6.45, 7) is 4.66. The minimum absolute atomic E-state index is 0.558. The summed E-state index contributed by atoms with van der Waals surface area (Å²) in [5, 5.41) is 0. The van der Waals surface area contributed by atoms with E-state index in [0.29, 0.717) is 6.61 Å². The number of nitrogens with zero attached hydrogens (tertiary/aromatic N) is 3. The summed E-state index contributed by atoms with van der Waals surface area (Å²) in [6.07, 6.45) is 2.33. The van der Waals surface area contributed by atoms with Crippen molar-refractivity contribution in [3.05, 3.63) is 41.7 Å². The lowest BCUT2D eigenvalue weighted by molar-refractivity contribution is 0.180. The Bertz CT molecular complexity index is 576. The molecule has 0 radical (unpaired) electrons. The van der Waals surface area contributed by atoms with Crippen molar-refractivity contribution in [2.75, 3.05) is 21.2 Å². The van der Waals surface area contributed by atoms with E-state index in [0.717, 1.165) is 31.0 Å². The van der Waals surface area contributed by atoms with Gasteiger partial charge in [0.05, 0.1) is 18.0 Å². The summed E-state index contributed by atoms with van der Waals surface area (Å²) in [5.41, 5.74) is 3.48. The van der Waals surface area contributed by atoms with Crippen molar-refractivity contribution < 1.29 is 4.74 Å². The number of methoxy groups -OCH3 is 1. The fourth-order valence-corrected chi connectivity index (χ4v) is 2.63. The van der Waals surface area contributed by atoms with E-state index in [1.165, 1.54) is 17.7 Å². The van der Waals surface area contributed by atoms with Gasteiger partial charge in [-0.15, -0.1) is 0 Å². The highest BCUT2D eigenvalue weighted by molar-refractivity contribution is 5.56. The summed E-state index contributed by atoms with van der Waals surface area (Å²) in [5.74, 6) is 1.05. The van der Waals surface area contributed by atoms with Crippen molar-refractivity contribution in [3.63, 3.8) is 0 Å². The first-order chi connectivity index (χ1) is 10.7. The molecule has 0 aliphatic carbocycles. The third kappa shape index (κ3) is 3.96. The quantitative estimate of drug-likeness (QED) is 0.747. The Morgan fingerprint density at radius 3 is 2.50 bits per heavy atom. The molecule has 0 aliphatic heterocycles. The second kappa shape index (κ2) is 8.11. The van der Waals surface area contributed by atoms with Crippen LogP contribution in [0.25, 0.3) is 11.4 Å². The van der Waals surface area contributed by atoms with Crippen LogP contribution in [0.2, 0.25) is 0 Å². The van der Waals surface area contributed by atoms with Gasteiger partial charge < -0.3 is 14.2 Å². The molecule has 4 nitrogen and oxygen atoms in total. The molecule has 0 amide bonds. The molecule has 0 fully saturated rings. The first kappa shape index (κ1) is 16.7. The van der Waals surface area contributed by atoms with E-state index in [1.807, 2.05) is 6.07 Å². The molecule has 0 saturated carbocycles. The van der Waals surface area contributed by atoms with E-state index in [9.17, 15) is 0 Å². The Kier molecular flexibility index (Phi) is 6.16. The monoisotopic (exact) mass is 301 g/mol. The van der Waals surface area contributed by atoms with Crippen LogP contribution in [0.3, 0.4) is 0 Å². The van der Waals surface area contributed by atoms with Crippen LogP contribution in [0.4, 0.5) is 0 Å². The first-order valence-corrected chi connectivity index (χ1v) is 7.94. The normalized spacial score (nSPS) is 11.3. The van der Waals surface area contributed by atoms with Crippen molar-refractivity contribution in [1.29, 1.82) is 0 Å².